The molecule has 2 aliphatic rings. The Balaban J connectivity index is 2.26. The lowest BCUT2D eigenvalue weighted by Crippen LogP contribution is -2.39. The van der Waals surface area contributed by atoms with Gasteiger partial charge in [-0.2, -0.15) is 0 Å². The number of aliphatic hydroxyl groups excluding tert-OH is 1. The van der Waals surface area contributed by atoms with Gasteiger partial charge >= 0.3 is 0 Å². The molecule has 1 aliphatic heterocycles. The van der Waals surface area contributed by atoms with E-state index in [4.69, 9.17) is 4.74 Å². The van der Waals surface area contributed by atoms with Crippen molar-refractivity contribution < 1.29 is 14.9 Å². The molecule has 0 radical (unpaired) electrons. The SMILES string of the molecule is C=C1CC/C=C(/C)CC[C@@H]2/C(=C\C=C\C(C)(C)O)CO[C@H](O)[C@@H]12. The van der Waals surface area contributed by atoms with Gasteiger partial charge < -0.3 is 14.9 Å². The van der Waals surface area contributed by atoms with Gasteiger partial charge in [-0.15, -0.1) is 0 Å². The molecule has 23 heavy (non-hydrogen) atoms. The molecule has 3 nitrogen and oxygen atoms in total. The number of allylic oxidation sites excluding steroid dienone is 4. The average Bonchev–Trinajstić information content (AvgIpc) is 2.51. The highest BCUT2D eigenvalue weighted by atomic mass is 16.6. The number of ether oxygens (including phenoxy) is 1. The molecule has 0 saturated carbocycles. The monoisotopic (exact) mass is 318 g/mol. The lowest BCUT2D eigenvalue weighted by molar-refractivity contribution is -0.149. The highest BCUT2D eigenvalue weighted by Gasteiger charge is 2.37. The molecule has 2 rings (SSSR count). The Morgan fingerprint density at radius 2 is 2.09 bits per heavy atom. The molecule has 3 heteroatoms. The number of rotatable bonds is 2. The zero-order valence-corrected chi connectivity index (χ0v) is 14.6. The molecule has 0 bridgehead atoms. The maximum absolute atomic E-state index is 10.3. The van der Waals surface area contributed by atoms with Crippen LogP contribution >= 0.6 is 0 Å². The number of hydrogen-bond donors (Lipinski definition) is 2. The first-order chi connectivity index (χ1) is 10.8. The van der Waals surface area contributed by atoms with Gasteiger partial charge in [-0.1, -0.05) is 42.0 Å². The molecule has 128 valence electrons. The molecule has 0 unspecified atom stereocenters. The van der Waals surface area contributed by atoms with Crippen LogP contribution in [0.3, 0.4) is 0 Å². The Kier molecular flexibility index (Phi) is 6.01. The number of aliphatic hydroxyl groups is 2. The van der Waals surface area contributed by atoms with Crippen molar-refractivity contribution >= 4 is 0 Å². The van der Waals surface area contributed by atoms with Gasteiger partial charge in [0.05, 0.1) is 12.2 Å². The molecule has 0 amide bonds. The van der Waals surface area contributed by atoms with E-state index in [9.17, 15) is 10.2 Å². The molecule has 0 aromatic rings. The first-order valence-electron chi connectivity index (χ1n) is 8.51. The zero-order chi connectivity index (χ0) is 17.0. The Hall–Kier alpha value is -1.16. The fraction of sp³-hybridized carbons (Fsp3) is 0.600. The molecule has 1 aliphatic carbocycles. The van der Waals surface area contributed by atoms with E-state index < -0.39 is 11.9 Å². The normalized spacial score (nSPS) is 34.5. The minimum atomic E-state index is -0.827. The first kappa shape index (κ1) is 18.2. The van der Waals surface area contributed by atoms with E-state index in [0.717, 1.165) is 31.3 Å². The van der Waals surface area contributed by atoms with Crippen molar-refractivity contribution in [2.24, 2.45) is 11.8 Å². The van der Waals surface area contributed by atoms with Crippen LogP contribution in [0.4, 0.5) is 0 Å². The Morgan fingerprint density at radius 1 is 1.35 bits per heavy atom. The van der Waals surface area contributed by atoms with Crippen LogP contribution < -0.4 is 0 Å². The predicted octanol–water partition coefficient (Wildman–Crippen LogP) is 3.90. The first-order valence-corrected chi connectivity index (χ1v) is 8.51. The van der Waals surface area contributed by atoms with Crippen molar-refractivity contribution in [3.05, 3.63) is 47.6 Å². The molecule has 1 fully saturated rings. The third kappa shape index (κ3) is 5.17. The molecule has 0 aromatic carbocycles. The summed E-state index contributed by atoms with van der Waals surface area (Å²) < 4.78 is 5.59. The van der Waals surface area contributed by atoms with Crippen LogP contribution in [0.5, 0.6) is 0 Å². The largest absolute Gasteiger partial charge is 0.386 e. The Labute approximate surface area is 140 Å². The van der Waals surface area contributed by atoms with Gasteiger partial charge in [0.15, 0.2) is 6.29 Å². The summed E-state index contributed by atoms with van der Waals surface area (Å²) in [6, 6.07) is 0. The van der Waals surface area contributed by atoms with Gasteiger partial charge in [-0.05, 0) is 57.9 Å². The van der Waals surface area contributed by atoms with E-state index in [-0.39, 0.29) is 11.8 Å². The van der Waals surface area contributed by atoms with Crippen LogP contribution in [0.15, 0.2) is 47.6 Å². The van der Waals surface area contributed by atoms with Gasteiger partial charge in [0.1, 0.15) is 0 Å². The zero-order valence-electron chi connectivity index (χ0n) is 14.6. The summed E-state index contributed by atoms with van der Waals surface area (Å²) in [6.07, 6.45) is 11.1. The second kappa shape index (κ2) is 7.61. The van der Waals surface area contributed by atoms with E-state index >= 15 is 0 Å². The minimum Gasteiger partial charge on any atom is -0.386 e. The second-order valence-corrected chi connectivity index (χ2v) is 7.37. The molecular weight excluding hydrogens is 288 g/mol. The Bertz CT molecular complexity index is 519. The molecule has 1 heterocycles. The van der Waals surface area contributed by atoms with Crippen molar-refractivity contribution in [1.29, 1.82) is 0 Å². The highest BCUT2D eigenvalue weighted by molar-refractivity contribution is 5.25. The van der Waals surface area contributed by atoms with Gasteiger partial charge in [0, 0.05) is 5.92 Å². The van der Waals surface area contributed by atoms with E-state index in [2.05, 4.69) is 19.6 Å². The average molecular weight is 318 g/mol. The Morgan fingerprint density at radius 3 is 2.78 bits per heavy atom. The van der Waals surface area contributed by atoms with Crippen LogP contribution in [-0.4, -0.2) is 28.7 Å². The van der Waals surface area contributed by atoms with Crippen molar-refractivity contribution in [3.63, 3.8) is 0 Å². The van der Waals surface area contributed by atoms with Crippen LogP contribution in [0.2, 0.25) is 0 Å². The van der Waals surface area contributed by atoms with Gasteiger partial charge in [-0.3, -0.25) is 0 Å². The molecule has 0 aromatic heterocycles. The lowest BCUT2D eigenvalue weighted by atomic mass is 9.75. The van der Waals surface area contributed by atoms with Gasteiger partial charge in [0.2, 0.25) is 0 Å². The smallest absolute Gasteiger partial charge is 0.162 e. The van der Waals surface area contributed by atoms with Gasteiger partial charge in [-0.25, -0.2) is 0 Å². The number of hydrogen-bond acceptors (Lipinski definition) is 3. The van der Waals surface area contributed by atoms with Crippen LogP contribution in [-0.2, 0) is 4.74 Å². The van der Waals surface area contributed by atoms with Crippen molar-refractivity contribution in [1.82, 2.24) is 0 Å². The summed E-state index contributed by atoms with van der Waals surface area (Å²) >= 11 is 0. The van der Waals surface area contributed by atoms with E-state index in [1.807, 2.05) is 12.2 Å². The predicted molar refractivity (Wildman–Crippen MR) is 93.8 cm³/mol. The third-order valence-electron chi connectivity index (χ3n) is 4.73. The number of fused-ring (bicyclic) bond motifs is 1. The maximum Gasteiger partial charge on any atom is 0.162 e. The highest BCUT2D eigenvalue weighted by Crippen LogP contribution is 2.40. The summed E-state index contributed by atoms with van der Waals surface area (Å²) in [5, 5.41) is 20.1. The lowest BCUT2D eigenvalue weighted by Gasteiger charge is -2.38. The molecular formula is C20H30O3. The van der Waals surface area contributed by atoms with Crippen molar-refractivity contribution in [2.75, 3.05) is 6.61 Å². The molecule has 2 N–H and O–H groups in total. The second-order valence-electron chi connectivity index (χ2n) is 7.37. The van der Waals surface area contributed by atoms with Crippen molar-refractivity contribution in [3.8, 4) is 0 Å². The van der Waals surface area contributed by atoms with E-state index in [1.54, 1.807) is 19.9 Å². The fourth-order valence-electron chi connectivity index (χ4n) is 3.41. The minimum absolute atomic E-state index is 0.0372. The molecule has 1 saturated heterocycles. The topological polar surface area (TPSA) is 49.7 Å². The quantitative estimate of drug-likeness (QED) is 0.759. The summed E-state index contributed by atoms with van der Waals surface area (Å²) in [6.45, 7) is 10.3. The van der Waals surface area contributed by atoms with Crippen molar-refractivity contribution in [2.45, 2.75) is 58.3 Å². The summed E-state index contributed by atoms with van der Waals surface area (Å²) in [5.74, 6) is 0.212. The maximum atomic E-state index is 10.3. The van der Waals surface area contributed by atoms with Gasteiger partial charge in [0.25, 0.3) is 0 Å². The fourth-order valence-corrected chi connectivity index (χ4v) is 3.41. The molecule has 0 spiro atoms. The molecule has 3 atom stereocenters. The standard InChI is InChI=1S/C20H30O3/c1-14-7-5-8-15(2)18-17(11-10-14)16(13-23-19(18)21)9-6-12-20(3,4)22/h6-7,9,12,17-19,21-22H,2,5,8,10-11,13H2,1,3-4H3/b12-6+,14-7-,16-9-/t17-,18+,19+/m1/s1. The summed E-state index contributed by atoms with van der Waals surface area (Å²) in [5.41, 5.74) is 2.83. The summed E-state index contributed by atoms with van der Waals surface area (Å²) in [7, 11) is 0. The van der Waals surface area contributed by atoms with E-state index in [0.29, 0.717) is 6.61 Å². The summed E-state index contributed by atoms with van der Waals surface area (Å²) in [4.78, 5) is 0. The van der Waals surface area contributed by atoms with E-state index in [1.165, 1.54) is 11.1 Å². The third-order valence-corrected chi connectivity index (χ3v) is 4.73. The van der Waals surface area contributed by atoms with Crippen LogP contribution in [0.1, 0.15) is 46.5 Å². The van der Waals surface area contributed by atoms with Crippen LogP contribution in [0.25, 0.3) is 0 Å². The van der Waals surface area contributed by atoms with Crippen LogP contribution in [0, 0.1) is 11.8 Å².